The topological polar surface area (TPSA) is 354 Å². The summed E-state index contributed by atoms with van der Waals surface area (Å²) in [6, 6.07) is 0. The minimum absolute atomic E-state index is 0.0682. The number of aliphatic hydroxyl groups excluding tert-OH is 9. The first-order valence-corrected chi connectivity index (χ1v) is 27.2. The van der Waals surface area contributed by atoms with E-state index in [0.29, 0.717) is 44.9 Å². The number of carboxylic acids is 1. The van der Waals surface area contributed by atoms with Crippen molar-refractivity contribution in [2.75, 3.05) is 19.8 Å². The van der Waals surface area contributed by atoms with Crippen LogP contribution in [0.3, 0.4) is 0 Å². The van der Waals surface area contributed by atoms with Crippen LogP contribution in [0.4, 0.5) is 0 Å². The Kier molecular flexibility index (Phi) is 17.0. The van der Waals surface area contributed by atoms with Gasteiger partial charge in [-0.05, 0) is 92.3 Å². The number of fused-ring (bicyclic) bond motifs is 7. The number of ether oxygens (including phenoxy) is 9. The summed E-state index contributed by atoms with van der Waals surface area (Å²) in [5.41, 5.74) is -2.82. The number of hydrogen-bond donors (Lipinski definition) is 10. The predicted octanol–water partition coefficient (Wildman–Crippen LogP) is 0.360. The highest BCUT2D eigenvalue weighted by Gasteiger charge is 2.71. The molecule has 4 saturated carbocycles. The molecule has 77 heavy (non-hydrogen) atoms. The first kappa shape index (κ1) is 60.1. The Hall–Kier alpha value is -2.98. The minimum Gasteiger partial charge on any atom is -0.479 e. The first-order valence-electron chi connectivity index (χ1n) is 27.2. The van der Waals surface area contributed by atoms with E-state index in [9.17, 15) is 70.2 Å². The van der Waals surface area contributed by atoms with Crippen LogP contribution >= 0.6 is 0 Å². The van der Waals surface area contributed by atoms with E-state index in [0.717, 1.165) is 13.3 Å². The van der Waals surface area contributed by atoms with Crippen LogP contribution in [0.25, 0.3) is 0 Å². The van der Waals surface area contributed by atoms with Gasteiger partial charge in [-0.15, -0.1) is 0 Å². The van der Waals surface area contributed by atoms with E-state index in [1.54, 1.807) is 6.92 Å². The molecule has 3 aliphatic heterocycles. The highest BCUT2D eigenvalue weighted by atomic mass is 16.8. The van der Waals surface area contributed by atoms with Crippen molar-refractivity contribution in [3.05, 3.63) is 11.6 Å². The van der Waals surface area contributed by atoms with Gasteiger partial charge < -0.3 is 93.7 Å². The average Bonchev–Trinajstić information content (AvgIpc) is 3.36. The van der Waals surface area contributed by atoms with E-state index < -0.39 is 175 Å². The molecule has 438 valence electrons. The molecule has 3 heterocycles. The smallest absolute Gasteiger partial charge is 0.335 e. The standard InChI is InChI=1S/C54H84O23/c1-23-38(70-24(2)58)41(71-25(3)59)42(72-26(4)60)48(69-23)77-44-43(66)50(6)17-18-53(9)27(28(50)19-49(44,5)21-56)11-12-31-51(7)15-14-32(52(8,22-57)30(51)13-16-54(31,53)10)74-47-40(36(64)35(63)39(75-47)45(67)68)76-46-37(65)34(62)33(61)29(20-55)73-46/h11,23,28-44,46-48,55-57,61-66H,12-22H2,1-10H3,(H,67,68). The van der Waals surface area contributed by atoms with Gasteiger partial charge in [-0.3, -0.25) is 14.4 Å². The number of aliphatic carboxylic acids is 1. The van der Waals surface area contributed by atoms with Crippen LogP contribution in [0.1, 0.15) is 121 Å². The third kappa shape index (κ3) is 9.89. The SMILES string of the molecule is CC(=O)OC1C(C)OC(OC2C(O)C3(C)CCC4(C)C(=CCC5C6(C)CCC(OC7OC(C(=O)O)C(O)C(O)C7OC7OC(CO)C(O)C(O)C7O)C(C)(CO)C6CCC54C)C3CC2(C)CO)C(OC(C)=O)C1OC(C)=O. The molecule has 27 atom stereocenters. The van der Waals surface area contributed by atoms with Gasteiger partial charge in [-0.1, -0.05) is 53.2 Å². The van der Waals surface area contributed by atoms with Crippen molar-refractivity contribution in [3.63, 3.8) is 0 Å². The van der Waals surface area contributed by atoms with Crippen LogP contribution in [-0.2, 0) is 61.8 Å². The molecule has 0 aromatic carbocycles. The van der Waals surface area contributed by atoms with E-state index >= 15 is 0 Å². The van der Waals surface area contributed by atoms with Gasteiger partial charge in [-0.25, -0.2) is 4.79 Å². The van der Waals surface area contributed by atoms with Gasteiger partial charge in [0, 0.05) is 37.0 Å². The van der Waals surface area contributed by atoms with Gasteiger partial charge >= 0.3 is 23.9 Å². The van der Waals surface area contributed by atoms with Crippen molar-refractivity contribution < 1.29 is 113 Å². The molecule has 0 amide bonds. The Labute approximate surface area is 448 Å². The molecule has 0 bridgehead atoms. The molecule has 27 unspecified atom stereocenters. The molecule has 0 spiro atoms. The van der Waals surface area contributed by atoms with E-state index in [1.165, 1.54) is 19.4 Å². The molecule has 0 aromatic rings. The Morgan fingerprint density at radius 2 is 1.25 bits per heavy atom. The number of rotatable bonds is 13. The number of allylic oxidation sites excluding steroid dienone is 2. The van der Waals surface area contributed by atoms with E-state index in [2.05, 4.69) is 26.8 Å². The fourth-order valence-electron chi connectivity index (χ4n) is 16.2. The minimum atomic E-state index is -2.04. The molecule has 0 aromatic heterocycles. The first-order chi connectivity index (χ1) is 35.9. The maximum atomic E-state index is 12.8. The highest BCUT2D eigenvalue weighted by molar-refractivity contribution is 5.73. The van der Waals surface area contributed by atoms with Crippen LogP contribution in [0.15, 0.2) is 11.6 Å². The van der Waals surface area contributed by atoms with Crippen molar-refractivity contribution in [3.8, 4) is 0 Å². The summed E-state index contributed by atoms with van der Waals surface area (Å²) >= 11 is 0. The van der Waals surface area contributed by atoms with Crippen molar-refractivity contribution >= 4 is 23.9 Å². The van der Waals surface area contributed by atoms with Crippen molar-refractivity contribution in [1.29, 1.82) is 0 Å². The Morgan fingerprint density at radius 3 is 1.84 bits per heavy atom. The molecule has 7 fully saturated rings. The second-order valence-corrected chi connectivity index (χ2v) is 25.2. The maximum Gasteiger partial charge on any atom is 0.335 e. The summed E-state index contributed by atoms with van der Waals surface area (Å²) in [4.78, 5) is 49.6. The van der Waals surface area contributed by atoms with Gasteiger partial charge in [0.05, 0.1) is 44.2 Å². The van der Waals surface area contributed by atoms with E-state index in [-0.39, 0.29) is 29.8 Å². The summed E-state index contributed by atoms with van der Waals surface area (Å²) in [5.74, 6) is -4.11. The van der Waals surface area contributed by atoms with E-state index in [4.69, 9.17) is 42.6 Å². The summed E-state index contributed by atoms with van der Waals surface area (Å²) in [6.07, 6.45) is -20.6. The van der Waals surface area contributed by atoms with Crippen LogP contribution in [0.2, 0.25) is 0 Å². The highest BCUT2D eigenvalue weighted by Crippen LogP contribution is 2.76. The molecule has 23 nitrogen and oxygen atoms in total. The second kappa shape index (κ2) is 21.7. The lowest BCUT2D eigenvalue weighted by molar-refractivity contribution is -0.375. The van der Waals surface area contributed by atoms with Gasteiger partial charge in [0.15, 0.2) is 43.3 Å². The van der Waals surface area contributed by atoms with Crippen LogP contribution in [-0.4, -0.2) is 205 Å². The molecular weight excluding hydrogens is 1020 g/mol. The Balaban J connectivity index is 1.06. The molecule has 5 aliphatic carbocycles. The van der Waals surface area contributed by atoms with Crippen molar-refractivity contribution in [2.24, 2.45) is 50.2 Å². The fourth-order valence-corrected chi connectivity index (χ4v) is 16.2. The summed E-state index contributed by atoms with van der Waals surface area (Å²) in [6.45, 7) is 16.3. The number of hydrogen-bond acceptors (Lipinski definition) is 22. The number of aliphatic hydroxyl groups is 9. The van der Waals surface area contributed by atoms with Crippen LogP contribution in [0, 0.1) is 50.2 Å². The summed E-state index contributed by atoms with van der Waals surface area (Å²) in [7, 11) is 0. The van der Waals surface area contributed by atoms with Gasteiger partial charge in [0.25, 0.3) is 0 Å². The second-order valence-electron chi connectivity index (χ2n) is 25.2. The van der Waals surface area contributed by atoms with Gasteiger partial charge in [0.1, 0.15) is 42.7 Å². The molecule has 0 radical (unpaired) electrons. The Bertz CT molecular complexity index is 2230. The zero-order valence-corrected chi connectivity index (χ0v) is 45.8. The lowest BCUT2D eigenvalue weighted by Crippen LogP contribution is -2.69. The zero-order valence-electron chi connectivity index (χ0n) is 45.8. The molecule has 3 saturated heterocycles. The quantitative estimate of drug-likeness (QED) is 0.0515. The monoisotopic (exact) mass is 1100 g/mol. The molecular formula is C54H84O23. The molecule has 23 heteroatoms. The van der Waals surface area contributed by atoms with Crippen LogP contribution in [0.5, 0.6) is 0 Å². The number of carboxylic acid groups (broad SMARTS) is 1. The summed E-state index contributed by atoms with van der Waals surface area (Å²) < 4.78 is 53.8. The fraction of sp³-hybridized carbons (Fsp3) is 0.889. The largest absolute Gasteiger partial charge is 0.479 e. The van der Waals surface area contributed by atoms with E-state index in [1.807, 2.05) is 20.8 Å². The number of carbonyl (C=O) groups excluding carboxylic acids is 3. The zero-order chi connectivity index (χ0) is 56.9. The predicted molar refractivity (Wildman–Crippen MR) is 262 cm³/mol. The summed E-state index contributed by atoms with van der Waals surface area (Å²) in [5, 5.41) is 110. The van der Waals surface area contributed by atoms with Gasteiger partial charge in [0.2, 0.25) is 0 Å². The number of esters is 3. The molecule has 10 N–H and O–H groups in total. The van der Waals surface area contributed by atoms with Crippen molar-refractivity contribution in [1.82, 2.24) is 0 Å². The third-order valence-corrected chi connectivity index (χ3v) is 20.8. The Morgan fingerprint density at radius 1 is 0.623 bits per heavy atom. The number of carbonyl (C=O) groups is 4. The molecule has 8 aliphatic rings. The molecule has 8 rings (SSSR count). The average molecular weight is 1100 g/mol. The maximum absolute atomic E-state index is 12.8. The third-order valence-electron chi connectivity index (χ3n) is 20.8. The van der Waals surface area contributed by atoms with Gasteiger partial charge in [-0.2, -0.15) is 0 Å². The normalized spacial score (nSPS) is 51.6. The lowest BCUT2D eigenvalue weighted by atomic mass is 9.33. The van der Waals surface area contributed by atoms with Crippen molar-refractivity contribution in [2.45, 2.75) is 231 Å². The lowest BCUT2D eigenvalue weighted by Gasteiger charge is -2.72. The van der Waals surface area contributed by atoms with Crippen LogP contribution < -0.4 is 0 Å².